The highest BCUT2D eigenvalue weighted by Gasteiger charge is 2.35. The van der Waals surface area contributed by atoms with Crippen LogP contribution in [0.1, 0.15) is 29.5 Å². The third-order valence-corrected chi connectivity index (χ3v) is 5.62. The van der Waals surface area contributed by atoms with Gasteiger partial charge in [0.05, 0.1) is 0 Å². The Kier molecular flexibility index (Phi) is 5.75. The molecule has 0 unspecified atom stereocenters. The number of nitrogens with zero attached hydrogens (tertiary/aromatic N) is 2. The van der Waals surface area contributed by atoms with Crippen LogP contribution in [0.15, 0.2) is 48.2 Å². The van der Waals surface area contributed by atoms with Crippen LogP contribution < -0.4 is 15.5 Å². The van der Waals surface area contributed by atoms with E-state index in [0.717, 1.165) is 34.7 Å². The number of aryl methyl sites for hydroxylation is 2. The van der Waals surface area contributed by atoms with Crippen molar-refractivity contribution >= 4 is 35.3 Å². The fraction of sp³-hybridized carbons (Fsp3) is 0.292. The van der Waals surface area contributed by atoms with Crippen LogP contribution in [0.4, 0.5) is 16.2 Å². The lowest BCUT2D eigenvalue weighted by molar-refractivity contribution is -0.127. The molecule has 7 nitrogen and oxygen atoms in total. The standard InChI is InChI=1S/C24H26N4O3/c1-16-5-8-19(9-6-16)25-22(29)15-28-23(30)21(26-24(28)31)14-18-7-10-20(13-17(18)2)27-11-3-4-12-27/h5-10,13-14H,3-4,11-12,15H2,1-2H3,(H,25,29)(H,26,31)/b21-14+. The van der Waals surface area contributed by atoms with Gasteiger partial charge in [-0.3, -0.25) is 9.59 Å². The van der Waals surface area contributed by atoms with E-state index in [0.29, 0.717) is 5.69 Å². The molecule has 2 fully saturated rings. The molecular formula is C24H26N4O3. The van der Waals surface area contributed by atoms with Gasteiger partial charge in [-0.05, 0) is 68.2 Å². The molecule has 0 saturated carbocycles. The summed E-state index contributed by atoms with van der Waals surface area (Å²) in [7, 11) is 0. The van der Waals surface area contributed by atoms with Gasteiger partial charge in [0.15, 0.2) is 0 Å². The van der Waals surface area contributed by atoms with Crippen LogP contribution >= 0.6 is 0 Å². The summed E-state index contributed by atoms with van der Waals surface area (Å²) in [5, 5.41) is 5.29. The van der Waals surface area contributed by atoms with Crippen LogP contribution in [-0.4, -0.2) is 42.4 Å². The normalized spacial score (nSPS) is 17.4. The zero-order valence-corrected chi connectivity index (χ0v) is 17.8. The minimum Gasteiger partial charge on any atom is -0.372 e. The highest BCUT2D eigenvalue weighted by atomic mass is 16.2. The topological polar surface area (TPSA) is 81.8 Å². The lowest BCUT2D eigenvalue weighted by Crippen LogP contribution is -2.38. The number of carbonyl (C=O) groups is 3. The quantitative estimate of drug-likeness (QED) is 0.576. The summed E-state index contributed by atoms with van der Waals surface area (Å²) in [4.78, 5) is 40.6. The van der Waals surface area contributed by atoms with Crippen LogP contribution in [0.3, 0.4) is 0 Å². The zero-order valence-electron chi connectivity index (χ0n) is 17.8. The zero-order chi connectivity index (χ0) is 22.0. The smallest absolute Gasteiger partial charge is 0.329 e. The molecule has 2 aromatic rings. The van der Waals surface area contributed by atoms with E-state index in [9.17, 15) is 14.4 Å². The van der Waals surface area contributed by atoms with E-state index >= 15 is 0 Å². The van der Waals surface area contributed by atoms with Crippen molar-refractivity contribution in [2.45, 2.75) is 26.7 Å². The van der Waals surface area contributed by atoms with E-state index < -0.39 is 17.8 Å². The van der Waals surface area contributed by atoms with Crippen molar-refractivity contribution in [2.24, 2.45) is 0 Å². The van der Waals surface area contributed by atoms with Gasteiger partial charge in [0.2, 0.25) is 5.91 Å². The van der Waals surface area contributed by atoms with Crippen molar-refractivity contribution < 1.29 is 14.4 Å². The second-order valence-corrected chi connectivity index (χ2v) is 8.03. The Bertz CT molecular complexity index is 1050. The molecule has 0 radical (unpaired) electrons. The molecule has 2 aliphatic heterocycles. The van der Waals surface area contributed by atoms with Gasteiger partial charge < -0.3 is 15.5 Å². The molecule has 2 heterocycles. The van der Waals surface area contributed by atoms with Crippen molar-refractivity contribution in [3.63, 3.8) is 0 Å². The number of rotatable bonds is 5. The van der Waals surface area contributed by atoms with Crippen molar-refractivity contribution in [2.75, 3.05) is 29.9 Å². The molecule has 4 amide bonds. The van der Waals surface area contributed by atoms with E-state index in [2.05, 4.69) is 21.6 Å². The molecule has 7 heteroatoms. The predicted octanol–water partition coefficient (Wildman–Crippen LogP) is 3.44. The Morgan fingerprint density at radius 2 is 1.77 bits per heavy atom. The molecule has 2 N–H and O–H groups in total. The van der Waals surface area contributed by atoms with Gasteiger partial charge in [-0.2, -0.15) is 0 Å². The summed E-state index contributed by atoms with van der Waals surface area (Å²) < 4.78 is 0. The number of imide groups is 1. The molecular weight excluding hydrogens is 392 g/mol. The number of benzene rings is 2. The first-order chi connectivity index (χ1) is 14.9. The Hall–Kier alpha value is -3.61. The molecule has 0 aliphatic carbocycles. The van der Waals surface area contributed by atoms with Gasteiger partial charge >= 0.3 is 6.03 Å². The molecule has 0 atom stereocenters. The Morgan fingerprint density at radius 3 is 2.45 bits per heavy atom. The van der Waals surface area contributed by atoms with Gasteiger partial charge in [-0.25, -0.2) is 9.69 Å². The third-order valence-electron chi connectivity index (χ3n) is 5.62. The fourth-order valence-corrected chi connectivity index (χ4v) is 3.85. The molecule has 2 aromatic carbocycles. The maximum Gasteiger partial charge on any atom is 0.329 e. The van der Waals surface area contributed by atoms with Gasteiger partial charge in [0, 0.05) is 24.5 Å². The predicted molar refractivity (Wildman–Crippen MR) is 121 cm³/mol. The van der Waals surface area contributed by atoms with E-state index in [1.54, 1.807) is 18.2 Å². The van der Waals surface area contributed by atoms with Crippen molar-refractivity contribution in [3.8, 4) is 0 Å². The van der Waals surface area contributed by atoms with E-state index in [4.69, 9.17) is 0 Å². The van der Waals surface area contributed by atoms with Gasteiger partial charge in [-0.1, -0.05) is 23.8 Å². The Labute approximate surface area is 181 Å². The maximum atomic E-state index is 12.7. The van der Waals surface area contributed by atoms with E-state index in [1.165, 1.54) is 18.5 Å². The number of anilines is 2. The largest absolute Gasteiger partial charge is 0.372 e. The Balaban J connectivity index is 1.44. The van der Waals surface area contributed by atoms with Crippen molar-refractivity contribution in [3.05, 3.63) is 64.9 Å². The average molecular weight is 418 g/mol. The van der Waals surface area contributed by atoms with E-state index in [-0.39, 0.29) is 12.2 Å². The van der Waals surface area contributed by atoms with Crippen LogP contribution in [0.5, 0.6) is 0 Å². The SMILES string of the molecule is Cc1ccc(NC(=O)CN2C(=O)N/C(=C/c3ccc(N4CCCC4)cc3C)C2=O)cc1. The molecule has 0 bridgehead atoms. The number of urea groups is 1. The lowest BCUT2D eigenvalue weighted by Gasteiger charge is -2.18. The first kappa shape index (κ1) is 20.7. The summed E-state index contributed by atoms with van der Waals surface area (Å²) in [5.41, 5.74) is 4.92. The van der Waals surface area contributed by atoms with Crippen LogP contribution in [0.2, 0.25) is 0 Å². The summed E-state index contributed by atoms with van der Waals surface area (Å²) in [6.07, 6.45) is 4.08. The lowest BCUT2D eigenvalue weighted by atomic mass is 10.1. The minimum absolute atomic E-state index is 0.171. The second-order valence-electron chi connectivity index (χ2n) is 8.03. The molecule has 0 spiro atoms. The number of hydrogen-bond acceptors (Lipinski definition) is 4. The summed E-state index contributed by atoms with van der Waals surface area (Å²) in [6.45, 7) is 5.72. The van der Waals surface area contributed by atoms with Crippen LogP contribution in [0.25, 0.3) is 6.08 Å². The number of nitrogens with one attached hydrogen (secondary N) is 2. The van der Waals surface area contributed by atoms with Crippen LogP contribution in [-0.2, 0) is 9.59 Å². The monoisotopic (exact) mass is 418 g/mol. The molecule has 31 heavy (non-hydrogen) atoms. The summed E-state index contributed by atoms with van der Waals surface area (Å²) >= 11 is 0. The molecule has 2 aliphatic rings. The summed E-state index contributed by atoms with van der Waals surface area (Å²) in [6, 6.07) is 12.8. The van der Waals surface area contributed by atoms with Crippen molar-refractivity contribution in [1.29, 1.82) is 0 Å². The molecule has 2 saturated heterocycles. The summed E-state index contributed by atoms with van der Waals surface area (Å²) in [5.74, 6) is -0.938. The second kappa shape index (κ2) is 8.63. The van der Waals surface area contributed by atoms with Crippen LogP contribution in [0, 0.1) is 13.8 Å². The highest BCUT2D eigenvalue weighted by molar-refractivity contribution is 6.16. The first-order valence-electron chi connectivity index (χ1n) is 10.5. The maximum absolute atomic E-state index is 12.7. The number of amides is 4. The fourth-order valence-electron chi connectivity index (χ4n) is 3.85. The molecule has 160 valence electrons. The average Bonchev–Trinajstić information content (AvgIpc) is 3.36. The molecule has 4 rings (SSSR count). The Morgan fingerprint density at radius 1 is 1.06 bits per heavy atom. The van der Waals surface area contributed by atoms with E-state index in [1.807, 2.05) is 38.1 Å². The third kappa shape index (κ3) is 4.60. The molecule has 0 aromatic heterocycles. The van der Waals surface area contributed by atoms with Gasteiger partial charge in [0.1, 0.15) is 12.2 Å². The number of carbonyl (C=O) groups excluding carboxylic acids is 3. The van der Waals surface area contributed by atoms with Gasteiger partial charge in [-0.15, -0.1) is 0 Å². The number of hydrogen-bond donors (Lipinski definition) is 2. The first-order valence-corrected chi connectivity index (χ1v) is 10.5. The highest BCUT2D eigenvalue weighted by Crippen LogP contribution is 2.25. The minimum atomic E-state index is -0.596. The van der Waals surface area contributed by atoms with Crippen molar-refractivity contribution in [1.82, 2.24) is 10.2 Å². The van der Waals surface area contributed by atoms with Gasteiger partial charge in [0.25, 0.3) is 5.91 Å².